The zero-order valence-corrected chi connectivity index (χ0v) is 11.9. The second kappa shape index (κ2) is 4.11. The van der Waals surface area contributed by atoms with Crippen LogP contribution in [-0.2, 0) is 5.60 Å². The number of H-pyrrole nitrogens is 1. The minimum atomic E-state index is -0.918. The fourth-order valence-corrected chi connectivity index (χ4v) is 4.08. The van der Waals surface area contributed by atoms with Crippen molar-refractivity contribution in [1.82, 2.24) is 15.5 Å². The van der Waals surface area contributed by atoms with Crippen molar-refractivity contribution < 1.29 is 9.90 Å². The molecule has 21 heavy (non-hydrogen) atoms. The summed E-state index contributed by atoms with van der Waals surface area (Å²) < 4.78 is 0. The van der Waals surface area contributed by atoms with Gasteiger partial charge in [0.05, 0.1) is 17.3 Å². The fraction of sp³-hybridized carbons (Fsp3) is 0.429. The first kappa shape index (κ1) is 12.9. The van der Waals surface area contributed by atoms with E-state index in [0.29, 0.717) is 17.9 Å². The predicted molar refractivity (Wildman–Crippen MR) is 77.7 cm³/mol. The Labute approximate surface area is 125 Å². The Morgan fingerprint density at radius 3 is 2.86 bits per heavy atom. The van der Waals surface area contributed by atoms with Gasteiger partial charge in [0.15, 0.2) is 0 Å². The monoisotopic (exact) mass is 306 g/mol. The van der Waals surface area contributed by atoms with E-state index in [2.05, 4.69) is 15.5 Å². The topological polar surface area (TPSA) is 104 Å². The molecule has 1 heterocycles. The van der Waals surface area contributed by atoms with Crippen LogP contribution in [0.3, 0.4) is 0 Å². The van der Waals surface area contributed by atoms with Crippen LogP contribution in [0.25, 0.3) is 10.9 Å². The average molecular weight is 307 g/mol. The molecule has 7 heteroatoms. The first-order chi connectivity index (χ1) is 9.98. The van der Waals surface area contributed by atoms with Crippen LogP contribution in [0.2, 0.25) is 5.02 Å². The van der Waals surface area contributed by atoms with Gasteiger partial charge in [-0.1, -0.05) is 11.6 Å². The van der Waals surface area contributed by atoms with Crippen molar-refractivity contribution in [3.8, 4) is 0 Å². The highest BCUT2D eigenvalue weighted by Gasteiger charge is 2.62. The van der Waals surface area contributed by atoms with E-state index in [4.69, 9.17) is 17.3 Å². The molecule has 2 amide bonds. The highest BCUT2D eigenvalue weighted by Crippen LogP contribution is 2.60. The molecule has 6 nitrogen and oxygen atoms in total. The van der Waals surface area contributed by atoms with Crippen molar-refractivity contribution in [2.75, 3.05) is 0 Å². The standard InChI is InChI=1S/C14H15ClN4O2/c15-6-1-10(9-5-17-19-11(9)2-6)14(21)3-7-8(4-14)12(7)18-13(16)20/h1-2,5,7-8,12,21H,3-4H2,(H,17,19)(H3,16,18,20)/t7-,8?,12?,14+/m1/s1. The minimum Gasteiger partial charge on any atom is -0.385 e. The Kier molecular flexibility index (Phi) is 2.53. The molecule has 2 aliphatic carbocycles. The number of hydrogen-bond donors (Lipinski definition) is 4. The Hall–Kier alpha value is -1.79. The number of nitrogens with one attached hydrogen (secondary N) is 2. The lowest BCUT2D eigenvalue weighted by Crippen LogP contribution is -2.36. The van der Waals surface area contributed by atoms with E-state index in [1.165, 1.54) is 0 Å². The summed E-state index contributed by atoms with van der Waals surface area (Å²) in [6.45, 7) is 0. The highest BCUT2D eigenvalue weighted by atomic mass is 35.5. The third kappa shape index (κ3) is 1.90. The summed E-state index contributed by atoms with van der Waals surface area (Å²) in [6.07, 6.45) is 2.91. The van der Waals surface area contributed by atoms with Crippen LogP contribution in [0, 0.1) is 11.8 Å². The number of nitrogens with zero attached hydrogens (tertiary/aromatic N) is 1. The fourth-order valence-electron chi connectivity index (χ4n) is 3.86. The molecular formula is C14H15ClN4O2. The van der Waals surface area contributed by atoms with Crippen LogP contribution in [0.4, 0.5) is 4.79 Å². The predicted octanol–water partition coefficient (Wildman–Crippen LogP) is 1.48. The van der Waals surface area contributed by atoms with Gasteiger partial charge in [-0.3, -0.25) is 5.10 Å². The molecule has 1 aromatic carbocycles. The van der Waals surface area contributed by atoms with Gasteiger partial charge < -0.3 is 16.2 Å². The number of urea groups is 1. The number of carbonyl (C=O) groups is 1. The normalized spacial score (nSPS) is 33.9. The van der Waals surface area contributed by atoms with Crippen LogP contribution in [0.5, 0.6) is 0 Å². The lowest BCUT2D eigenvalue weighted by atomic mass is 9.86. The third-order valence-corrected chi connectivity index (χ3v) is 5.03. The molecular weight excluding hydrogens is 292 g/mol. The summed E-state index contributed by atoms with van der Waals surface area (Å²) in [5, 5.41) is 22.1. The Bertz CT molecular complexity index is 732. The molecule has 2 aliphatic rings. The van der Waals surface area contributed by atoms with Gasteiger partial charge >= 0.3 is 6.03 Å². The molecule has 2 fully saturated rings. The van der Waals surface area contributed by atoms with Crippen molar-refractivity contribution in [3.63, 3.8) is 0 Å². The second-order valence-electron chi connectivity index (χ2n) is 6.09. The van der Waals surface area contributed by atoms with Crippen LogP contribution in [0.1, 0.15) is 18.4 Å². The van der Waals surface area contributed by atoms with E-state index in [1.807, 2.05) is 0 Å². The molecule has 0 bridgehead atoms. The van der Waals surface area contributed by atoms with E-state index >= 15 is 0 Å². The van der Waals surface area contributed by atoms with Crippen molar-refractivity contribution in [2.45, 2.75) is 24.5 Å². The van der Waals surface area contributed by atoms with Crippen molar-refractivity contribution in [1.29, 1.82) is 0 Å². The van der Waals surface area contributed by atoms with Crippen LogP contribution >= 0.6 is 11.6 Å². The smallest absolute Gasteiger partial charge is 0.312 e. The summed E-state index contributed by atoms with van der Waals surface area (Å²) in [4.78, 5) is 10.9. The minimum absolute atomic E-state index is 0.0989. The van der Waals surface area contributed by atoms with Gasteiger partial charge in [-0.05, 0) is 42.4 Å². The van der Waals surface area contributed by atoms with Crippen LogP contribution in [-0.4, -0.2) is 27.4 Å². The number of amides is 2. The Morgan fingerprint density at radius 1 is 1.48 bits per heavy atom. The number of nitrogens with two attached hydrogens (primary N) is 1. The van der Waals surface area contributed by atoms with Gasteiger partial charge in [0.2, 0.25) is 0 Å². The largest absolute Gasteiger partial charge is 0.385 e. The molecule has 2 saturated carbocycles. The highest BCUT2D eigenvalue weighted by molar-refractivity contribution is 6.31. The number of benzene rings is 1. The molecule has 5 N–H and O–H groups in total. The SMILES string of the molecule is NC(=O)NC1C2C[C@](O)(c3cc(Cl)cc4[nH]ncc34)C[C@H]21. The van der Waals surface area contributed by atoms with E-state index in [1.54, 1.807) is 18.3 Å². The third-order valence-electron chi connectivity index (χ3n) is 4.81. The Balaban J connectivity index is 1.65. The molecule has 110 valence electrons. The number of fused-ring (bicyclic) bond motifs is 2. The van der Waals surface area contributed by atoms with Crippen LogP contribution < -0.4 is 11.1 Å². The second-order valence-corrected chi connectivity index (χ2v) is 6.52. The molecule has 4 rings (SSSR count). The summed E-state index contributed by atoms with van der Waals surface area (Å²) in [6, 6.07) is 3.20. The van der Waals surface area contributed by atoms with Gasteiger partial charge in [-0.15, -0.1) is 0 Å². The van der Waals surface area contributed by atoms with Gasteiger partial charge in [0, 0.05) is 16.5 Å². The molecule has 1 aromatic heterocycles. The lowest BCUT2D eigenvalue weighted by Gasteiger charge is -2.27. The summed E-state index contributed by atoms with van der Waals surface area (Å²) >= 11 is 6.13. The molecule has 2 aromatic rings. The molecule has 0 aliphatic heterocycles. The van der Waals surface area contributed by atoms with E-state index in [9.17, 15) is 9.90 Å². The van der Waals surface area contributed by atoms with Crippen molar-refractivity contribution >= 4 is 28.5 Å². The zero-order chi connectivity index (χ0) is 14.8. The number of carbonyl (C=O) groups excluding carboxylic acids is 1. The number of aromatic amines is 1. The molecule has 4 atom stereocenters. The summed E-state index contributed by atoms with van der Waals surface area (Å²) in [5.41, 5.74) is 5.86. The number of aliphatic hydroxyl groups is 1. The molecule has 0 saturated heterocycles. The number of aromatic nitrogens is 2. The van der Waals surface area contributed by atoms with E-state index in [0.717, 1.165) is 16.5 Å². The average Bonchev–Trinajstić information content (AvgIpc) is 2.83. The van der Waals surface area contributed by atoms with Crippen LogP contribution in [0.15, 0.2) is 18.3 Å². The summed E-state index contributed by atoms with van der Waals surface area (Å²) in [7, 11) is 0. The quantitative estimate of drug-likeness (QED) is 0.675. The number of hydrogen-bond acceptors (Lipinski definition) is 3. The first-order valence-corrected chi connectivity index (χ1v) is 7.27. The van der Waals surface area contributed by atoms with Gasteiger partial charge in [-0.2, -0.15) is 5.10 Å². The molecule has 0 spiro atoms. The molecule has 2 unspecified atom stereocenters. The van der Waals surface area contributed by atoms with Crippen molar-refractivity contribution in [2.24, 2.45) is 17.6 Å². The van der Waals surface area contributed by atoms with Gasteiger partial charge in [0.25, 0.3) is 0 Å². The van der Waals surface area contributed by atoms with Gasteiger partial charge in [0.1, 0.15) is 0 Å². The number of rotatable bonds is 2. The maximum absolute atomic E-state index is 11.0. The number of primary amides is 1. The van der Waals surface area contributed by atoms with E-state index in [-0.39, 0.29) is 17.9 Å². The maximum Gasteiger partial charge on any atom is 0.312 e. The first-order valence-electron chi connectivity index (χ1n) is 6.89. The van der Waals surface area contributed by atoms with Crippen molar-refractivity contribution in [3.05, 3.63) is 28.9 Å². The maximum atomic E-state index is 11.0. The zero-order valence-electron chi connectivity index (χ0n) is 11.1. The lowest BCUT2D eigenvalue weighted by molar-refractivity contribution is 0.0299. The number of halogens is 1. The van der Waals surface area contributed by atoms with Gasteiger partial charge in [-0.25, -0.2) is 4.79 Å². The summed E-state index contributed by atoms with van der Waals surface area (Å²) in [5.74, 6) is 0.562. The molecule has 0 radical (unpaired) electrons. The Morgan fingerprint density at radius 2 is 2.19 bits per heavy atom. The van der Waals surface area contributed by atoms with E-state index < -0.39 is 11.6 Å².